The monoisotopic (exact) mass is 463 g/mol. The zero-order valence-electron chi connectivity index (χ0n) is 17.0. The highest BCUT2D eigenvalue weighted by atomic mass is 32.2. The van der Waals surface area contributed by atoms with Crippen LogP contribution in [0.25, 0.3) is 11.1 Å². The maximum Gasteiger partial charge on any atom is 0.417 e. The fourth-order valence-corrected chi connectivity index (χ4v) is 4.37. The topological polar surface area (TPSA) is 88.2 Å². The molecule has 3 aromatic rings. The number of rotatable bonds is 6. The Hall–Kier alpha value is -3.40. The second-order valence-electron chi connectivity index (χ2n) is 6.93. The molecule has 0 spiro atoms. The van der Waals surface area contributed by atoms with Crippen LogP contribution in [0, 0.1) is 0 Å². The summed E-state index contributed by atoms with van der Waals surface area (Å²) >= 11 is 0. The molecule has 0 unspecified atom stereocenters. The standard InChI is InChI=1S/C22H20F3N3O3S/c1-2-10-32(30,31)18-8-9-19(15-6-4-3-5-7-15)20(12-18)28-21(29)27-17-11-16(13-26-14-17)22(23,24)25/h3-9,11-14H,2,10H2,1H3,(H2,27,28,29). The van der Waals surface area contributed by atoms with E-state index in [4.69, 9.17) is 0 Å². The lowest BCUT2D eigenvalue weighted by molar-refractivity contribution is -0.137. The van der Waals surface area contributed by atoms with Gasteiger partial charge in [0.1, 0.15) is 0 Å². The van der Waals surface area contributed by atoms with Crippen LogP contribution in [0.15, 0.2) is 71.9 Å². The van der Waals surface area contributed by atoms with E-state index in [2.05, 4.69) is 15.6 Å². The van der Waals surface area contributed by atoms with E-state index >= 15 is 0 Å². The molecule has 0 radical (unpaired) electrons. The third-order valence-corrected chi connectivity index (χ3v) is 6.40. The highest BCUT2D eigenvalue weighted by Crippen LogP contribution is 2.32. The number of hydrogen-bond donors (Lipinski definition) is 2. The molecule has 0 fully saturated rings. The molecular weight excluding hydrogens is 443 g/mol. The van der Waals surface area contributed by atoms with Crippen LogP contribution in [0.4, 0.5) is 29.3 Å². The number of anilines is 2. The maximum atomic E-state index is 12.9. The first-order chi connectivity index (χ1) is 15.1. The molecule has 0 bridgehead atoms. The lowest BCUT2D eigenvalue weighted by Gasteiger charge is -2.15. The van der Waals surface area contributed by atoms with Crippen molar-refractivity contribution in [1.82, 2.24) is 4.98 Å². The fourth-order valence-electron chi connectivity index (χ4n) is 3.02. The summed E-state index contributed by atoms with van der Waals surface area (Å²) in [5.41, 5.74) is 0.313. The Bertz CT molecular complexity index is 1210. The molecule has 3 rings (SSSR count). The Balaban J connectivity index is 1.93. The van der Waals surface area contributed by atoms with E-state index < -0.39 is 27.6 Å². The normalized spacial score (nSPS) is 11.8. The number of halogens is 3. The molecule has 2 N–H and O–H groups in total. The zero-order valence-corrected chi connectivity index (χ0v) is 17.8. The van der Waals surface area contributed by atoms with Crippen molar-refractivity contribution in [3.8, 4) is 11.1 Å². The molecule has 2 aromatic carbocycles. The molecular formula is C22H20F3N3O3S. The maximum absolute atomic E-state index is 12.9. The number of amides is 2. The van der Waals surface area contributed by atoms with Gasteiger partial charge in [-0.15, -0.1) is 0 Å². The molecule has 0 aliphatic carbocycles. The molecule has 10 heteroatoms. The van der Waals surface area contributed by atoms with Crippen LogP contribution >= 0.6 is 0 Å². The number of pyridine rings is 1. The Kier molecular flexibility index (Phi) is 6.83. The van der Waals surface area contributed by atoms with Gasteiger partial charge in [-0.1, -0.05) is 43.3 Å². The van der Waals surface area contributed by atoms with Gasteiger partial charge in [-0.25, -0.2) is 13.2 Å². The van der Waals surface area contributed by atoms with Gasteiger partial charge in [-0.2, -0.15) is 13.2 Å². The SMILES string of the molecule is CCCS(=O)(=O)c1ccc(-c2ccccc2)c(NC(=O)Nc2cncc(C(F)(F)F)c2)c1. The third-order valence-electron chi connectivity index (χ3n) is 4.48. The first-order valence-electron chi connectivity index (χ1n) is 9.62. The second kappa shape index (κ2) is 9.39. The molecule has 0 aliphatic heterocycles. The van der Waals surface area contributed by atoms with Crippen molar-refractivity contribution in [2.75, 3.05) is 16.4 Å². The summed E-state index contributed by atoms with van der Waals surface area (Å²) in [4.78, 5) is 16.1. The number of nitrogens with one attached hydrogen (secondary N) is 2. The summed E-state index contributed by atoms with van der Waals surface area (Å²) in [6.45, 7) is 1.74. The summed E-state index contributed by atoms with van der Waals surface area (Å²) in [5.74, 6) is -0.0563. The number of alkyl halides is 3. The summed E-state index contributed by atoms with van der Waals surface area (Å²) < 4.78 is 63.7. The van der Waals surface area contributed by atoms with Gasteiger partial charge in [-0.05, 0) is 30.2 Å². The molecule has 2 amide bonds. The molecule has 0 saturated heterocycles. The molecule has 1 heterocycles. The van der Waals surface area contributed by atoms with Gasteiger partial charge < -0.3 is 10.6 Å². The van der Waals surface area contributed by atoms with Crippen LogP contribution in [0.3, 0.4) is 0 Å². The molecule has 32 heavy (non-hydrogen) atoms. The summed E-state index contributed by atoms with van der Waals surface area (Å²) in [6.07, 6.45) is -2.45. The number of sulfone groups is 1. The summed E-state index contributed by atoms with van der Waals surface area (Å²) in [7, 11) is -3.56. The predicted molar refractivity (Wildman–Crippen MR) is 116 cm³/mol. The van der Waals surface area contributed by atoms with Crippen LogP contribution in [-0.4, -0.2) is 25.2 Å². The van der Waals surface area contributed by atoms with Crippen LogP contribution < -0.4 is 10.6 Å². The van der Waals surface area contributed by atoms with Crippen molar-refractivity contribution in [2.45, 2.75) is 24.4 Å². The molecule has 168 valence electrons. The number of hydrogen-bond acceptors (Lipinski definition) is 4. The number of nitrogens with zero attached hydrogens (tertiary/aromatic N) is 1. The Morgan fingerprint density at radius 3 is 2.38 bits per heavy atom. The van der Waals surface area contributed by atoms with E-state index in [-0.39, 0.29) is 22.0 Å². The van der Waals surface area contributed by atoms with Crippen molar-refractivity contribution in [2.24, 2.45) is 0 Å². The zero-order chi connectivity index (χ0) is 23.4. The summed E-state index contributed by atoms with van der Waals surface area (Å²) in [6, 6.07) is 13.3. The average Bonchev–Trinajstić information content (AvgIpc) is 2.74. The van der Waals surface area contributed by atoms with Gasteiger partial charge >= 0.3 is 12.2 Å². The van der Waals surface area contributed by atoms with Gasteiger partial charge in [0.25, 0.3) is 0 Å². The minimum Gasteiger partial charge on any atom is -0.307 e. The van der Waals surface area contributed by atoms with Gasteiger partial charge in [0.05, 0.1) is 33.8 Å². The van der Waals surface area contributed by atoms with Crippen LogP contribution in [0.1, 0.15) is 18.9 Å². The Morgan fingerprint density at radius 1 is 1.00 bits per heavy atom. The molecule has 1 aromatic heterocycles. The first kappa shape index (κ1) is 23.3. The molecule has 0 atom stereocenters. The van der Waals surface area contributed by atoms with E-state index in [0.717, 1.165) is 17.8 Å². The molecule has 0 saturated carbocycles. The van der Waals surface area contributed by atoms with Crippen LogP contribution in [0.2, 0.25) is 0 Å². The smallest absolute Gasteiger partial charge is 0.307 e. The van der Waals surface area contributed by atoms with Crippen LogP contribution in [-0.2, 0) is 16.0 Å². The first-order valence-corrected chi connectivity index (χ1v) is 11.3. The number of aromatic nitrogens is 1. The van der Waals surface area contributed by atoms with Gasteiger partial charge in [0.15, 0.2) is 9.84 Å². The van der Waals surface area contributed by atoms with Gasteiger partial charge in [-0.3, -0.25) is 4.98 Å². The number of carbonyl (C=O) groups excluding carboxylic acids is 1. The largest absolute Gasteiger partial charge is 0.417 e. The fraction of sp³-hybridized carbons (Fsp3) is 0.182. The summed E-state index contributed by atoms with van der Waals surface area (Å²) in [5, 5.41) is 4.85. The highest BCUT2D eigenvalue weighted by Gasteiger charge is 2.31. The van der Waals surface area contributed by atoms with Gasteiger partial charge in [0, 0.05) is 11.8 Å². The van der Waals surface area contributed by atoms with Crippen molar-refractivity contribution in [3.05, 3.63) is 72.6 Å². The Labute approximate surface area is 183 Å². The van der Waals surface area contributed by atoms with E-state index in [1.807, 2.05) is 6.07 Å². The molecule has 6 nitrogen and oxygen atoms in total. The van der Waals surface area contributed by atoms with E-state index in [0.29, 0.717) is 18.2 Å². The third kappa shape index (κ3) is 5.64. The van der Waals surface area contributed by atoms with E-state index in [1.54, 1.807) is 37.3 Å². The lowest BCUT2D eigenvalue weighted by atomic mass is 10.0. The minimum atomic E-state index is -4.61. The minimum absolute atomic E-state index is 0.0371. The molecule has 0 aliphatic rings. The van der Waals surface area contributed by atoms with Gasteiger partial charge in [0.2, 0.25) is 0 Å². The van der Waals surface area contributed by atoms with Crippen molar-refractivity contribution in [3.63, 3.8) is 0 Å². The van der Waals surface area contributed by atoms with E-state index in [1.165, 1.54) is 12.1 Å². The van der Waals surface area contributed by atoms with Crippen LogP contribution in [0.5, 0.6) is 0 Å². The highest BCUT2D eigenvalue weighted by molar-refractivity contribution is 7.91. The van der Waals surface area contributed by atoms with Crippen molar-refractivity contribution in [1.29, 1.82) is 0 Å². The van der Waals surface area contributed by atoms with E-state index in [9.17, 15) is 26.4 Å². The second-order valence-corrected chi connectivity index (χ2v) is 9.04. The lowest BCUT2D eigenvalue weighted by Crippen LogP contribution is -2.21. The van der Waals surface area contributed by atoms with Crippen molar-refractivity contribution < 1.29 is 26.4 Å². The quantitative estimate of drug-likeness (QED) is 0.498. The Morgan fingerprint density at radius 2 is 1.72 bits per heavy atom. The number of urea groups is 1. The van der Waals surface area contributed by atoms with Crippen molar-refractivity contribution >= 4 is 27.2 Å². The number of carbonyl (C=O) groups is 1. The average molecular weight is 463 g/mol. The predicted octanol–water partition coefficient (Wildman–Crippen LogP) is 5.60. The number of benzene rings is 2.